The fourth-order valence-corrected chi connectivity index (χ4v) is 3.31. The first-order chi connectivity index (χ1) is 12.0. The standard InChI is InChI=1S/C18H22N4O2S/c1-2-25(23,24)21-17-9-5-15(6-10-17)13-14-3-7-16(8-4-14)18-20-11-12-22(18)19/h3-10,21H,2,11-13,19H2,1H3. The number of hydrogen-bond donors (Lipinski definition) is 2. The zero-order valence-electron chi connectivity index (χ0n) is 14.1. The highest BCUT2D eigenvalue weighted by atomic mass is 32.2. The number of anilines is 1. The zero-order chi connectivity index (χ0) is 17.9. The molecule has 0 bridgehead atoms. The van der Waals surface area contributed by atoms with Crippen molar-refractivity contribution in [2.45, 2.75) is 13.3 Å². The molecule has 3 N–H and O–H groups in total. The van der Waals surface area contributed by atoms with Gasteiger partial charge in [0.15, 0.2) is 0 Å². The molecule has 2 aromatic carbocycles. The topological polar surface area (TPSA) is 87.8 Å². The molecule has 1 heterocycles. The second-order valence-corrected chi connectivity index (χ2v) is 7.99. The summed E-state index contributed by atoms with van der Waals surface area (Å²) in [6, 6.07) is 15.6. The summed E-state index contributed by atoms with van der Waals surface area (Å²) in [6.45, 7) is 3.11. The predicted octanol–water partition coefficient (Wildman–Crippen LogP) is 1.97. The maximum absolute atomic E-state index is 11.6. The number of nitrogens with one attached hydrogen (secondary N) is 1. The molecule has 0 fully saturated rings. The summed E-state index contributed by atoms with van der Waals surface area (Å²) < 4.78 is 25.7. The first-order valence-electron chi connectivity index (χ1n) is 8.22. The van der Waals surface area contributed by atoms with Gasteiger partial charge in [-0.15, -0.1) is 0 Å². The molecule has 1 aliphatic heterocycles. The second-order valence-electron chi connectivity index (χ2n) is 5.97. The van der Waals surface area contributed by atoms with E-state index >= 15 is 0 Å². The van der Waals surface area contributed by atoms with Gasteiger partial charge in [-0.2, -0.15) is 0 Å². The smallest absolute Gasteiger partial charge is 0.232 e. The van der Waals surface area contributed by atoms with Gasteiger partial charge < -0.3 is 0 Å². The molecule has 6 nitrogen and oxygen atoms in total. The number of benzene rings is 2. The maximum Gasteiger partial charge on any atom is 0.232 e. The number of amidine groups is 1. The van der Waals surface area contributed by atoms with Crippen molar-refractivity contribution in [3.05, 3.63) is 65.2 Å². The normalized spacial score (nSPS) is 14.5. The summed E-state index contributed by atoms with van der Waals surface area (Å²) in [7, 11) is -3.24. The third-order valence-electron chi connectivity index (χ3n) is 4.10. The lowest BCUT2D eigenvalue weighted by Gasteiger charge is -2.13. The minimum absolute atomic E-state index is 0.0621. The number of hydrazine groups is 1. The van der Waals surface area contributed by atoms with E-state index in [-0.39, 0.29) is 5.75 Å². The van der Waals surface area contributed by atoms with Crippen LogP contribution in [0.3, 0.4) is 0 Å². The van der Waals surface area contributed by atoms with Crippen LogP contribution in [-0.4, -0.2) is 38.1 Å². The van der Waals surface area contributed by atoms with Crippen LogP contribution in [0.25, 0.3) is 0 Å². The van der Waals surface area contributed by atoms with Crippen LogP contribution in [0.5, 0.6) is 0 Å². The number of nitrogens with two attached hydrogens (primary N) is 1. The number of hydrogen-bond acceptors (Lipinski definition) is 5. The molecule has 0 radical (unpaired) electrons. The third kappa shape index (κ3) is 4.37. The summed E-state index contributed by atoms with van der Waals surface area (Å²) in [6.07, 6.45) is 0.778. The molecule has 0 saturated carbocycles. The van der Waals surface area contributed by atoms with Crippen molar-refractivity contribution in [2.24, 2.45) is 10.8 Å². The van der Waals surface area contributed by atoms with E-state index in [1.807, 2.05) is 24.3 Å². The van der Waals surface area contributed by atoms with E-state index in [1.54, 1.807) is 24.1 Å². The van der Waals surface area contributed by atoms with Gasteiger partial charge in [-0.05, 0) is 36.6 Å². The van der Waals surface area contributed by atoms with Crippen LogP contribution in [0.1, 0.15) is 23.6 Å². The Morgan fingerprint density at radius 2 is 1.68 bits per heavy atom. The first kappa shape index (κ1) is 17.4. The van der Waals surface area contributed by atoms with Crippen LogP contribution in [0.4, 0.5) is 5.69 Å². The van der Waals surface area contributed by atoms with E-state index in [0.717, 1.165) is 36.5 Å². The minimum atomic E-state index is -3.24. The van der Waals surface area contributed by atoms with E-state index in [1.165, 1.54) is 5.56 Å². The fourth-order valence-electron chi connectivity index (χ4n) is 2.67. The molecular weight excluding hydrogens is 336 g/mol. The van der Waals surface area contributed by atoms with Crippen LogP contribution in [0.2, 0.25) is 0 Å². The largest absolute Gasteiger partial charge is 0.293 e. The van der Waals surface area contributed by atoms with Crippen LogP contribution in [-0.2, 0) is 16.4 Å². The highest BCUT2D eigenvalue weighted by Crippen LogP contribution is 2.16. The molecule has 7 heteroatoms. The van der Waals surface area contributed by atoms with Crippen molar-refractivity contribution >= 4 is 21.5 Å². The van der Waals surface area contributed by atoms with Crippen LogP contribution in [0, 0.1) is 0 Å². The molecule has 2 aromatic rings. The molecule has 1 aliphatic rings. The Balaban J connectivity index is 1.66. The predicted molar refractivity (Wildman–Crippen MR) is 101 cm³/mol. The van der Waals surface area contributed by atoms with Gasteiger partial charge in [0, 0.05) is 11.3 Å². The van der Waals surface area contributed by atoms with Gasteiger partial charge in [-0.3, -0.25) is 14.7 Å². The Labute approximate surface area is 148 Å². The fraction of sp³-hybridized carbons (Fsp3) is 0.278. The highest BCUT2D eigenvalue weighted by molar-refractivity contribution is 7.92. The van der Waals surface area contributed by atoms with Crippen molar-refractivity contribution in [3.63, 3.8) is 0 Å². The Bertz CT molecular complexity index is 859. The Kier molecular flexibility index (Phi) is 5.06. The zero-order valence-corrected chi connectivity index (χ0v) is 15.0. The number of sulfonamides is 1. The molecule has 0 saturated heterocycles. The third-order valence-corrected chi connectivity index (χ3v) is 5.41. The summed E-state index contributed by atoms with van der Waals surface area (Å²) in [4.78, 5) is 4.41. The maximum atomic E-state index is 11.6. The van der Waals surface area contributed by atoms with Gasteiger partial charge in [0.2, 0.25) is 10.0 Å². The minimum Gasteiger partial charge on any atom is -0.293 e. The second kappa shape index (κ2) is 7.25. The lowest BCUT2D eigenvalue weighted by Crippen LogP contribution is -2.34. The summed E-state index contributed by atoms with van der Waals surface area (Å²) in [5, 5.41) is 1.67. The van der Waals surface area contributed by atoms with Crippen molar-refractivity contribution in [3.8, 4) is 0 Å². The number of aliphatic imine (C=N–C) groups is 1. The molecule has 0 atom stereocenters. The molecule has 0 aliphatic carbocycles. The quantitative estimate of drug-likeness (QED) is 0.773. The van der Waals surface area contributed by atoms with Crippen molar-refractivity contribution in [1.82, 2.24) is 5.01 Å². The monoisotopic (exact) mass is 358 g/mol. The molecule has 3 rings (SSSR count). The summed E-state index contributed by atoms with van der Waals surface area (Å²) in [5.74, 6) is 6.79. The Hall–Kier alpha value is -2.38. The highest BCUT2D eigenvalue weighted by Gasteiger charge is 2.14. The van der Waals surface area contributed by atoms with E-state index < -0.39 is 10.0 Å². The average Bonchev–Trinajstić information content (AvgIpc) is 3.03. The van der Waals surface area contributed by atoms with Crippen molar-refractivity contribution in [1.29, 1.82) is 0 Å². The van der Waals surface area contributed by atoms with Gasteiger partial charge >= 0.3 is 0 Å². The first-order valence-corrected chi connectivity index (χ1v) is 9.87. The molecule has 0 unspecified atom stereocenters. The van der Waals surface area contributed by atoms with Crippen molar-refractivity contribution < 1.29 is 8.42 Å². The van der Waals surface area contributed by atoms with Crippen LogP contribution < -0.4 is 10.6 Å². The van der Waals surface area contributed by atoms with E-state index in [9.17, 15) is 8.42 Å². The summed E-state index contributed by atoms with van der Waals surface area (Å²) in [5.41, 5.74) is 3.90. The lowest BCUT2D eigenvalue weighted by atomic mass is 10.0. The Morgan fingerprint density at radius 1 is 1.08 bits per heavy atom. The Morgan fingerprint density at radius 3 is 2.20 bits per heavy atom. The molecule has 0 amide bonds. The van der Waals surface area contributed by atoms with E-state index in [0.29, 0.717) is 5.69 Å². The lowest BCUT2D eigenvalue weighted by molar-refractivity contribution is 0.484. The number of nitrogens with zero attached hydrogens (tertiary/aromatic N) is 2. The van der Waals surface area contributed by atoms with Gasteiger partial charge in [0.05, 0.1) is 18.8 Å². The molecule has 25 heavy (non-hydrogen) atoms. The number of rotatable bonds is 6. The molecular formula is C18H22N4O2S. The van der Waals surface area contributed by atoms with Gasteiger partial charge in [0.1, 0.15) is 5.84 Å². The van der Waals surface area contributed by atoms with Gasteiger partial charge in [-0.1, -0.05) is 36.4 Å². The molecule has 132 valence electrons. The molecule has 0 aromatic heterocycles. The van der Waals surface area contributed by atoms with Gasteiger partial charge in [0.25, 0.3) is 0 Å². The van der Waals surface area contributed by atoms with Crippen LogP contribution >= 0.6 is 0 Å². The van der Waals surface area contributed by atoms with Crippen LogP contribution in [0.15, 0.2) is 53.5 Å². The molecule has 0 spiro atoms. The van der Waals surface area contributed by atoms with E-state index in [4.69, 9.17) is 5.84 Å². The summed E-state index contributed by atoms with van der Waals surface area (Å²) >= 11 is 0. The van der Waals surface area contributed by atoms with E-state index in [2.05, 4.69) is 21.8 Å². The average molecular weight is 358 g/mol. The van der Waals surface area contributed by atoms with Crippen molar-refractivity contribution in [2.75, 3.05) is 23.6 Å². The SMILES string of the molecule is CCS(=O)(=O)Nc1ccc(Cc2ccc(C3=NCCN3N)cc2)cc1. The van der Waals surface area contributed by atoms with Gasteiger partial charge in [-0.25, -0.2) is 14.3 Å².